The normalized spacial score (nSPS) is 21.4. The fraction of sp³-hybridized carbons (Fsp3) is 0.467. The molecule has 2 aliphatic rings. The Hall–Kier alpha value is -3.24. The smallest absolute Gasteiger partial charge is 0.264 e. The van der Waals surface area contributed by atoms with Crippen LogP contribution in [0, 0.1) is 5.92 Å². The third-order valence-electron chi connectivity index (χ3n) is 7.54. The maximum atomic E-state index is 13.9. The van der Waals surface area contributed by atoms with E-state index in [1.54, 1.807) is 49.2 Å². The van der Waals surface area contributed by atoms with Gasteiger partial charge in [0.15, 0.2) is 5.60 Å². The minimum absolute atomic E-state index is 0.0209. The standard InChI is InChI=1S/C30H39N3O6/c1-4-39-23-11-13-26-21(17-23)18-25(31-14-6-8-16-35)28(36)33(26)22-10-12-27-24(19-22)30(38,29(37)32(27)3)20(2)9-5-7-15-34/h5,9-13,17,19-20,25,31,34-35,38H,4,6-8,14-16,18H2,1-3H3/b9-5+/t20-,25?,30+/m0/s1. The molecule has 0 aliphatic carbocycles. The van der Waals surface area contributed by atoms with Crippen LogP contribution in [0.4, 0.5) is 17.1 Å². The van der Waals surface area contributed by atoms with Crippen LogP contribution in [0.5, 0.6) is 5.75 Å². The molecule has 2 heterocycles. The van der Waals surface area contributed by atoms with Crippen molar-refractivity contribution in [3.05, 3.63) is 59.7 Å². The average molecular weight is 538 g/mol. The van der Waals surface area contributed by atoms with Crippen LogP contribution in [-0.2, 0) is 21.6 Å². The minimum Gasteiger partial charge on any atom is -0.494 e. The summed E-state index contributed by atoms with van der Waals surface area (Å²) in [5, 5.41) is 33.4. The first kappa shape index (κ1) is 28.8. The summed E-state index contributed by atoms with van der Waals surface area (Å²) in [6, 6.07) is 10.5. The Kier molecular flexibility index (Phi) is 9.07. The molecule has 0 bridgehead atoms. The Morgan fingerprint density at radius 3 is 2.62 bits per heavy atom. The predicted octanol–water partition coefficient (Wildman–Crippen LogP) is 2.78. The molecule has 2 aromatic carbocycles. The molecule has 0 spiro atoms. The fourth-order valence-corrected chi connectivity index (χ4v) is 5.42. The first-order valence-electron chi connectivity index (χ1n) is 13.6. The number of nitrogens with one attached hydrogen (secondary N) is 1. The number of carbonyl (C=O) groups excluding carboxylic acids is 2. The second-order valence-corrected chi connectivity index (χ2v) is 10.1. The zero-order valence-corrected chi connectivity index (χ0v) is 22.9. The van der Waals surface area contributed by atoms with Gasteiger partial charge in [-0.15, -0.1) is 0 Å². The quantitative estimate of drug-likeness (QED) is 0.243. The molecule has 0 saturated heterocycles. The number of carbonyl (C=O) groups is 2. The molecule has 9 nitrogen and oxygen atoms in total. The molecule has 4 N–H and O–H groups in total. The molecule has 210 valence electrons. The van der Waals surface area contributed by atoms with Crippen LogP contribution in [0.3, 0.4) is 0 Å². The highest BCUT2D eigenvalue weighted by Crippen LogP contribution is 2.47. The Balaban J connectivity index is 1.76. The Labute approximate surface area is 229 Å². The molecular formula is C30H39N3O6. The first-order chi connectivity index (χ1) is 18.8. The Bertz CT molecular complexity index is 1230. The second-order valence-electron chi connectivity index (χ2n) is 10.1. The van der Waals surface area contributed by atoms with Gasteiger partial charge in [-0.05, 0) is 81.1 Å². The van der Waals surface area contributed by atoms with Gasteiger partial charge in [0.2, 0.25) is 5.91 Å². The van der Waals surface area contributed by atoms with Gasteiger partial charge in [0.25, 0.3) is 5.91 Å². The van der Waals surface area contributed by atoms with E-state index in [-0.39, 0.29) is 19.1 Å². The van der Waals surface area contributed by atoms with Crippen LogP contribution in [0.1, 0.15) is 44.2 Å². The summed E-state index contributed by atoms with van der Waals surface area (Å²) < 4.78 is 5.72. The van der Waals surface area contributed by atoms with Gasteiger partial charge in [-0.2, -0.15) is 0 Å². The van der Waals surface area contributed by atoms with Crippen molar-refractivity contribution in [1.29, 1.82) is 0 Å². The van der Waals surface area contributed by atoms with Crippen LogP contribution in [-0.4, -0.2) is 66.6 Å². The highest BCUT2D eigenvalue weighted by atomic mass is 16.5. The number of ether oxygens (including phenoxy) is 1. The second kappa shape index (κ2) is 12.3. The number of benzene rings is 2. The third-order valence-corrected chi connectivity index (χ3v) is 7.54. The molecule has 4 rings (SSSR count). The maximum Gasteiger partial charge on any atom is 0.264 e. The summed E-state index contributed by atoms with van der Waals surface area (Å²) in [5.74, 6) is -0.406. The van der Waals surface area contributed by atoms with Gasteiger partial charge in [-0.3, -0.25) is 14.5 Å². The zero-order chi connectivity index (χ0) is 28.2. The van der Waals surface area contributed by atoms with Crippen molar-refractivity contribution < 1.29 is 29.6 Å². The van der Waals surface area contributed by atoms with Crippen LogP contribution in [0.2, 0.25) is 0 Å². The molecule has 2 aromatic rings. The van der Waals surface area contributed by atoms with Crippen LogP contribution in [0.15, 0.2) is 48.6 Å². The van der Waals surface area contributed by atoms with Gasteiger partial charge in [0.05, 0.1) is 24.0 Å². The van der Waals surface area contributed by atoms with E-state index in [1.165, 1.54) is 4.90 Å². The van der Waals surface area contributed by atoms with Gasteiger partial charge in [0, 0.05) is 37.4 Å². The third kappa shape index (κ3) is 5.45. The SMILES string of the molecule is CCOc1ccc2c(c1)CC(NCCCCO)C(=O)N2c1ccc2c(c1)[C@](O)([C@@H](C)/C=C/CCO)C(=O)N2C. The fourth-order valence-electron chi connectivity index (χ4n) is 5.42. The predicted molar refractivity (Wildman–Crippen MR) is 150 cm³/mol. The number of unbranched alkanes of at least 4 members (excludes halogenated alkanes) is 1. The van der Waals surface area contributed by atoms with Gasteiger partial charge in [-0.25, -0.2) is 0 Å². The molecule has 0 fully saturated rings. The Morgan fingerprint density at radius 1 is 1.13 bits per heavy atom. The number of hydrogen-bond donors (Lipinski definition) is 4. The molecule has 9 heteroatoms. The van der Waals surface area contributed by atoms with Crippen molar-refractivity contribution in [2.24, 2.45) is 5.92 Å². The summed E-state index contributed by atoms with van der Waals surface area (Å²) in [5.41, 5.74) is 1.45. The molecule has 0 radical (unpaired) electrons. The summed E-state index contributed by atoms with van der Waals surface area (Å²) in [6.45, 7) is 4.89. The van der Waals surface area contributed by atoms with E-state index in [2.05, 4.69) is 5.32 Å². The summed E-state index contributed by atoms with van der Waals surface area (Å²) in [6.07, 6.45) is 5.81. The number of rotatable bonds is 12. The highest BCUT2D eigenvalue weighted by molar-refractivity contribution is 6.10. The zero-order valence-electron chi connectivity index (χ0n) is 22.9. The molecular weight excluding hydrogens is 498 g/mol. The molecule has 39 heavy (non-hydrogen) atoms. The van der Waals surface area contributed by atoms with Crippen molar-refractivity contribution in [2.45, 2.75) is 51.2 Å². The summed E-state index contributed by atoms with van der Waals surface area (Å²) in [4.78, 5) is 30.3. The molecule has 1 unspecified atom stereocenters. The molecule has 3 atom stereocenters. The largest absolute Gasteiger partial charge is 0.494 e. The summed E-state index contributed by atoms with van der Waals surface area (Å²) in [7, 11) is 1.63. The van der Waals surface area contributed by atoms with Gasteiger partial charge in [0.1, 0.15) is 5.75 Å². The van der Waals surface area contributed by atoms with E-state index in [0.717, 1.165) is 23.4 Å². The van der Waals surface area contributed by atoms with E-state index >= 15 is 0 Å². The molecule has 0 aromatic heterocycles. The number of amides is 2. The highest BCUT2D eigenvalue weighted by Gasteiger charge is 2.52. The minimum atomic E-state index is -1.81. The number of aliphatic hydroxyl groups excluding tert-OH is 2. The maximum absolute atomic E-state index is 13.9. The van der Waals surface area contributed by atoms with Crippen molar-refractivity contribution >= 4 is 28.9 Å². The van der Waals surface area contributed by atoms with E-state index in [9.17, 15) is 14.7 Å². The van der Waals surface area contributed by atoms with Crippen LogP contribution < -0.4 is 19.9 Å². The first-order valence-corrected chi connectivity index (χ1v) is 13.6. The van der Waals surface area contributed by atoms with Crippen molar-refractivity contribution in [3.63, 3.8) is 0 Å². The molecule has 2 amide bonds. The lowest BCUT2D eigenvalue weighted by Crippen LogP contribution is -2.49. The topological polar surface area (TPSA) is 123 Å². The van der Waals surface area contributed by atoms with Crippen LogP contribution in [0.25, 0.3) is 0 Å². The van der Waals surface area contributed by atoms with Crippen molar-refractivity contribution in [3.8, 4) is 5.75 Å². The lowest BCUT2D eigenvalue weighted by molar-refractivity contribution is -0.139. The number of nitrogens with zero attached hydrogens (tertiary/aromatic N) is 2. The van der Waals surface area contributed by atoms with Crippen molar-refractivity contribution in [2.75, 3.05) is 43.2 Å². The van der Waals surface area contributed by atoms with E-state index in [0.29, 0.717) is 49.4 Å². The lowest BCUT2D eigenvalue weighted by atomic mass is 9.82. The number of fused-ring (bicyclic) bond motifs is 2. The van der Waals surface area contributed by atoms with E-state index < -0.39 is 23.5 Å². The van der Waals surface area contributed by atoms with E-state index in [1.807, 2.05) is 25.1 Å². The van der Waals surface area contributed by atoms with Crippen molar-refractivity contribution in [1.82, 2.24) is 5.32 Å². The Morgan fingerprint density at radius 2 is 1.90 bits per heavy atom. The average Bonchev–Trinajstić information content (AvgIpc) is 3.13. The molecule has 0 saturated carbocycles. The van der Waals surface area contributed by atoms with Gasteiger partial charge in [-0.1, -0.05) is 19.1 Å². The summed E-state index contributed by atoms with van der Waals surface area (Å²) >= 11 is 0. The van der Waals surface area contributed by atoms with Gasteiger partial charge >= 0.3 is 0 Å². The van der Waals surface area contributed by atoms with Gasteiger partial charge < -0.3 is 30.3 Å². The molecule has 2 aliphatic heterocycles. The van der Waals surface area contributed by atoms with E-state index in [4.69, 9.17) is 14.9 Å². The number of anilines is 3. The lowest BCUT2D eigenvalue weighted by Gasteiger charge is -2.35. The number of hydrogen-bond acceptors (Lipinski definition) is 7. The number of aliphatic hydroxyl groups is 3. The van der Waals surface area contributed by atoms with Crippen LogP contribution >= 0.6 is 0 Å². The monoisotopic (exact) mass is 537 g/mol. The number of likely N-dealkylation sites (N-methyl/N-ethyl adjacent to an activating group) is 1.